The van der Waals surface area contributed by atoms with Crippen molar-refractivity contribution in [3.05, 3.63) is 46.5 Å². The maximum absolute atomic E-state index is 13.7. The second kappa shape index (κ2) is 8.26. The summed E-state index contributed by atoms with van der Waals surface area (Å²) >= 11 is 1.52. The largest absolute Gasteiger partial charge is 0.467 e. The number of nitrogens with zero attached hydrogens (tertiary/aromatic N) is 2. The van der Waals surface area contributed by atoms with E-state index in [0.29, 0.717) is 25.1 Å². The number of nitrogens with one attached hydrogen (secondary N) is 1. The number of likely N-dealkylation sites (N-methyl/N-ethyl adjacent to an activating group) is 1. The van der Waals surface area contributed by atoms with Gasteiger partial charge in [-0.2, -0.15) is 0 Å². The molecule has 3 atom stereocenters. The molecule has 1 N–H and O–H groups in total. The smallest absolute Gasteiger partial charge is 0.248 e. The van der Waals surface area contributed by atoms with Crippen molar-refractivity contribution in [2.24, 2.45) is 5.92 Å². The van der Waals surface area contributed by atoms with Crippen LogP contribution in [0.25, 0.3) is 0 Å². The molecule has 2 aliphatic rings. The van der Waals surface area contributed by atoms with Crippen LogP contribution in [-0.4, -0.2) is 53.7 Å². The summed E-state index contributed by atoms with van der Waals surface area (Å²) in [6.07, 6.45) is 4.31. The van der Waals surface area contributed by atoms with Crippen LogP contribution in [0.15, 0.2) is 40.3 Å². The molecule has 0 radical (unpaired) electrons. The minimum Gasteiger partial charge on any atom is -0.467 e. The van der Waals surface area contributed by atoms with Crippen molar-refractivity contribution in [2.45, 2.75) is 43.7 Å². The van der Waals surface area contributed by atoms with Gasteiger partial charge in [0.25, 0.3) is 0 Å². The molecule has 30 heavy (non-hydrogen) atoms. The Kier molecular flexibility index (Phi) is 5.69. The number of amides is 3. The molecule has 0 bridgehead atoms. The van der Waals surface area contributed by atoms with E-state index in [2.05, 4.69) is 5.32 Å². The van der Waals surface area contributed by atoms with Gasteiger partial charge in [-0.05, 0) is 49.3 Å². The van der Waals surface area contributed by atoms with Crippen LogP contribution in [0.1, 0.15) is 42.4 Å². The molecule has 2 aliphatic heterocycles. The van der Waals surface area contributed by atoms with Crippen LogP contribution in [0.3, 0.4) is 0 Å². The van der Waals surface area contributed by atoms with Crippen molar-refractivity contribution >= 4 is 29.1 Å². The van der Waals surface area contributed by atoms with Gasteiger partial charge in [-0.3, -0.25) is 14.4 Å². The van der Waals surface area contributed by atoms with Crippen LogP contribution in [0, 0.1) is 5.92 Å². The fourth-order valence-corrected chi connectivity index (χ4v) is 5.71. The number of hydrogen-bond donors (Lipinski definition) is 1. The predicted octanol–water partition coefficient (Wildman–Crippen LogP) is 2.60. The van der Waals surface area contributed by atoms with Gasteiger partial charge in [-0.15, -0.1) is 11.3 Å². The van der Waals surface area contributed by atoms with Gasteiger partial charge < -0.3 is 19.5 Å². The second-order valence-corrected chi connectivity index (χ2v) is 9.15. The highest BCUT2D eigenvalue weighted by atomic mass is 32.1. The van der Waals surface area contributed by atoms with Crippen LogP contribution < -0.4 is 5.32 Å². The molecule has 4 heterocycles. The van der Waals surface area contributed by atoms with Crippen molar-refractivity contribution < 1.29 is 18.8 Å². The topological polar surface area (TPSA) is 82.9 Å². The van der Waals surface area contributed by atoms with Gasteiger partial charge in [0, 0.05) is 25.5 Å². The molecule has 0 aromatic carbocycles. The second-order valence-electron chi connectivity index (χ2n) is 8.12. The van der Waals surface area contributed by atoms with Gasteiger partial charge in [0.2, 0.25) is 17.7 Å². The summed E-state index contributed by atoms with van der Waals surface area (Å²) < 4.78 is 5.69. The van der Waals surface area contributed by atoms with Gasteiger partial charge in [-0.25, -0.2) is 0 Å². The lowest BCUT2D eigenvalue weighted by atomic mass is 9.85. The Labute approximate surface area is 180 Å². The summed E-state index contributed by atoms with van der Waals surface area (Å²) in [5.41, 5.74) is -1.03. The zero-order chi connectivity index (χ0) is 21.3. The summed E-state index contributed by atoms with van der Waals surface area (Å²) in [5, 5.41) is 4.66. The minimum atomic E-state index is -1.03. The SMILES string of the molecule is CNC(=O)[C@H]1C[C@]2(CCCCN(C)C2=O)N(C(=O)Cc2cccs2)[C@H]1c1ccco1. The molecule has 2 aromatic heterocycles. The molecule has 7 nitrogen and oxygen atoms in total. The van der Waals surface area contributed by atoms with E-state index in [0.717, 1.165) is 17.7 Å². The Morgan fingerprint density at radius 3 is 2.80 bits per heavy atom. The number of rotatable bonds is 4. The van der Waals surface area contributed by atoms with E-state index in [1.54, 1.807) is 42.3 Å². The Morgan fingerprint density at radius 1 is 1.30 bits per heavy atom. The number of carbonyl (C=O) groups is 3. The highest BCUT2D eigenvalue weighted by molar-refractivity contribution is 7.10. The van der Waals surface area contributed by atoms with Crippen LogP contribution in [-0.2, 0) is 20.8 Å². The molecule has 2 saturated heterocycles. The highest BCUT2D eigenvalue weighted by Crippen LogP contribution is 2.51. The Bertz CT molecular complexity index is 911. The van der Waals surface area contributed by atoms with Crippen LogP contribution in [0.4, 0.5) is 0 Å². The lowest BCUT2D eigenvalue weighted by Crippen LogP contribution is -2.57. The van der Waals surface area contributed by atoms with Crippen LogP contribution in [0.5, 0.6) is 0 Å². The first-order valence-electron chi connectivity index (χ1n) is 10.3. The number of hydrogen-bond acceptors (Lipinski definition) is 5. The number of likely N-dealkylation sites (tertiary alicyclic amines) is 2. The molecule has 160 valence electrons. The maximum atomic E-state index is 13.7. The molecule has 0 saturated carbocycles. The average molecular weight is 430 g/mol. The fourth-order valence-electron chi connectivity index (χ4n) is 5.01. The standard InChI is InChI=1S/C22H27N3O4S/c1-23-20(27)16-14-22(9-3-4-10-24(2)21(22)28)25(19(16)17-8-5-11-29-17)18(26)13-15-7-6-12-30-15/h5-8,11-12,16,19H,3-4,9-10,13-14H2,1-2H3,(H,23,27)/t16-,19+,22-/m0/s1. The average Bonchev–Trinajstić information content (AvgIpc) is 3.48. The summed E-state index contributed by atoms with van der Waals surface area (Å²) in [6, 6.07) is 6.77. The van der Waals surface area contributed by atoms with Crippen molar-refractivity contribution in [3.63, 3.8) is 0 Å². The monoisotopic (exact) mass is 429 g/mol. The summed E-state index contributed by atoms with van der Waals surface area (Å²) in [4.78, 5) is 44.6. The predicted molar refractivity (Wildman–Crippen MR) is 113 cm³/mol. The fraction of sp³-hybridized carbons (Fsp3) is 0.500. The number of furan rings is 1. The maximum Gasteiger partial charge on any atom is 0.248 e. The lowest BCUT2D eigenvalue weighted by Gasteiger charge is -2.40. The first-order valence-corrected chi connectivity index (χ1v) is 11.2. The van der Waals surface area contributed by atoms with Crippen molar-refractivity contribution in [1.82, 2.24) is 15.1 Å². The Morgan fingerprint density at radius 2 is 2.13 bits per heavy atom. The molecular weight excluding hydrogens is 402 g/mol. The molecule has 0 aliphatic carbocycles. The van der Waals surface area contributed by atoms with Gasteiger partial charge in [-0.1, -0.05) is 6.07 Å². The summed E-state index contributed by atoms with van der Waals surface area (Å²) in [5.74, 6) is -0.415. The van der Waals surface area contributed by atoms with Crippen molar-refractivity contribution in [1.29, 1.82) is 0 Å². The van der Waals surface area contributed by atoms with Crippen molar-refractivity contribution in [2.75, 3.05) is 20.6 Å². The highest BCUT2D eigenvalue weighted by Gasteiger charge is 2.61. The molecule has 2 fully saturated rings. The summed E-state index contributed by atoms with van der Waals surface area (Å²) in [6.45, 7) is 0.656. The van der Waals surface area contributed by atoms with E-state index >= 15 is 0 Å². The quantitative estimate of drug-likeness (QED) is 0.810. The van der Waals surface area contributed by atoms with E-state index in [9.17, 15) is 14.4 Å². The molecule has 8 heteroatoms. The minimum absolute atomic E-state index is 0.0810. The Hall–Kier alpha value is -2.61. The third-order valence-corrected chi connectivity index (χ3v) is 7.23. The van der Waals surface area contributed by atoms with E-state index < -0.39 is 17.5 Å². The Balaban J connectivity index is 1.83. The van der Waals surface area contributed by atoms with Gasteiger partial charge in [0.1, 0.15) is 17.3 Å². The summed E-state index contributed by atoms with van der Waals surface area (Å²) in [7, 11) is 3.37. The zero-order valence-electron chi connectivity index (χ0n) is 17.3. The van der Waals surface area contributed by atoms with E-state index in [-0.39, 0.29) is 24.1 Å². The number of thiophene rings is 1. The molecule has 2 aromatic rings. The first-order chi connectivity index (χ1) is 14.5. The normalized spacial score (nSPS) is 26.8. The third-order valence-electron chi connectivity index (χ3n) is 6.35. The molecule has 4 rings (SSSR count). The molecular formula is C22H27N3O4S. The van der Waals surface area contributed by atoms with E-state index in [4.69, 9.17) is 4.42 Å². The van der Waals surface area contributed by atoms with E-state index in [1.165, 1.54) is 11.3 Å². The molecule has 0 unspecified atom stereocenters. The van der Waals surface area contributed by atoms with Gasteiger partial charge in [0.15, 0.2) is 0 Å². The zero-order valence-corrected chi connectivity index (χ0v) is 18.1. The van der Waals surface area contributed by atoms with Gasteiger partial charge in [0.05, 0.1) is 18.6 Å². The number of carbonyl (C=O) groups excluding carboxylic acids is 3. The van der Waals surface area contributed by atoms with Gasteiger partial charge >= 0.3 is 0 Å². The first kappa shape index (κ1) is 20.7. The molecule has 3 amide bonds. The van der Waals surface area contributed by atoms with Crippen LogP contribution >= 0.6 is 11.3 Å². The molecule has 1 spiro atoms. The lowest BCUT2D eigenvalue weighted by molar-refractivity contribution is -0.152. The van der Waals surface area contributed by atoms with Crippen molar-refractivity contribution in [3.8, 4) is 0 Å². The van der Waals surface area contributed by atoms with E-state index in [1.807, 2.05) is 17.5 Å². The van der Waals surface area contributed by atoms with Crippen LogP contribution in [0.2, 0.25) is 0 Å². The third kappa shape index (κ3) is 3.43.